The first-order valence-corrected chi connectivity index (χ1v) is 8.41. The summed E-state index contributed by atoms with van der Waals surface area (Å²) in [6.45, 7) is 2.93. The number of piperidine rings is 1. The van der Waals surface area contributed by atoms with Crippen LogP contribution < -0.4 is 4.72 Å². The minimum absolute atomic E-state index is 0.0628. The number of hydrogen-bond acceptors (Lipinski definition) is 3. The third-order valence-electron chi connectivity index (χ3n) is 3.35. The Labute approximate surface area is 128 Å². The number of benzene rings is 1. The Bertz CT molecular complexity index is 648. The van der Waals surface area contributed by atoms with Gasteiger partial charge >= 0.3 is 16.2 Å². The number of nitrogens with zero attached hydrogens (tertiary/aromatic N) is 1. The van der Waals surface area contributed by atoms with E-state index >= 15 is 0 Å². The second-order valence-electron chi connectivity index (χ2n) is 5.25. The molecule has 1 aliphatic heterocycles. The van der Waals surface area contributed by atoms with Gasteiger partial charge in [-0.25, -0.2) is 4.79 Å². The quantitative estimate of drug-likeness (QED) is 0.886. The molecule has 6 nitrogen and oxygen atoms in total. The number of anilines is 1. The Morgan fingerprint density at radius 1 is 1.43 bits per heavy atom. The van der Waals surface area contributed by atoms with E-state index in [0.717, 1.165) is 12.8 Å². The zero-order valence-electron chi connectivity index (χ0n) is 11.5. The minimum Gasteiger partial charge on any atom is -0.478 e. The molecular formula is C13H17ClN2O4S. The SMILES string of the molecule is CC1CCCN(S(=O)(=O)Nc2cc(Cl)cc(C(=O)O)c2)C1. The van der Waals surface area contributed by atoms with Crippen LogP contribution in [0.15, 0.2) is 18.2 Å². The maximum Gasteiger partial charge on any atom is 0.335 e. The number of hydrogen-bond donors (Lipinski definition) is 2. The molecular weight excluding hydrogens is 316 g/mol. The first-order valence-electron chi connectivity index (χ1n) is 6.60. The fourth-order valence-electron chi connectivity index (χ4n) is 2.35. The van der Waals surface area contributed by atoms with E-state index in [2.05, 4.69) is 4.72 Å². The van der Waals surface area contributed by atoms with Crippen LogP contribution in [0.2, 0.25) is 5.02 Å². The summed E-state index contributed by atoms with van der Waals surface area (Å²) in [6, 6.07) is 3.91. The molecule has 0 amide bonds. The summed E-state index contributed by atoms with van der Waals surface area (Å²) in [5, 5.41) is 9.14. The molecule has 21 heavy (non-hydrogen) atoms. The smallest absolute Gasteiger partial charge is 0.335 e. The largest absolute Gasteiger partial charge is 0.478 e. The van der Waals surface area contributed by atoms with E-state index in [0.29, 0.717) is 19.0 Å². The van der Waals surface area contributed by atoms with Crippen molar-refractivity contribution in [3.8, 4) is 0 Å². The molecule has 0 aliphatic carbocycles. The molecule has 8 heteroatoms. The van der Waals surface area contributed by atoms with Gasteiger partial charge in [-0.3, -0.25) is 4.72 Å². The number of nitrogens with one attached hydrogen (secondary N) is 1. The van der Waals surface area contributed by atoms with Crippen molar-refractivity contribution in [2.75, 3.05) is 17.8 Å². The molecule has 1 atom stereocenters. The van der Waals surface area contributed by atoms with E-state index < -0.39 is 16.2 Å². The maximum absolute atomic E-state index is 12.3. The van der Waals surface area contributed by atoms with E-state index in [-0.39, 0.29) is 16.3 Å². The van der Waals surface area contributed by atoms with Crippen LogP contribution in [0.1, 0.15) is 30.1 Å². The monoisotopic (exact) mass is 332 g/mol. The summed E-state index contributed by atoms with van der Waals surface area (Å²) in [5.41, 5.74) is 0.0883. The van der Waals surface area contributed by atoms with E-state index in [1.165, 1.54) is 22.5 Å². The van der Waals surface area contributed by atoms with Gasteiger partial charge in [-0.15, -0.1) is 0 Å². The van der Waals surface area contributed by atoms with Gasteiger partial charge in [-0.1, -0.05) is 18.5 Å². The summed E-state index contributed by atoms with van der Waals surface area (Å²) < 4.78 is 28.4. The number of carboxylic acid groups (broad SMARTS) is 1. The topological polar surface area (TPSA) is 86.7 Å². The number of carboxylic acids is 1. The average molecular weight is 333 g/mol. The van der Waals surface area contributed by atoms with Crippen LogP contribution in [0.25, 0.3) is 0 Å². The summed E-state index contributed by atoms with van der Waals surface area (Å²) >= 11 is 5.82. The minimum atomic E-state index is -3.70. The van der Waals surface area contributed by atoms with Crippen molar-refractivity contribution in [3.63, 3.8) is 0 Å². The molecule has 0 spiro atoms. The number of halogens is 1. The molecule has 1 saturated heterocycles. The molecule has 1 aromatic carbocycles. The van der Waals surface area contributed by atoms with Crippen LogP contribution in [-0.2, 0) is 10.2 Å². The normalized spacial score (nSPS) is 20.2. The van der Waals surface area contributed by atoms with Gasteiger partial charge in [-0.05, 0) is 37.0 Å². The van der Waals surface area contributed by atoms with E-state index in [9.17, 15) is 13.2 Å². The van der Waals surface area contributed by atoms with Crippen LogP contribution >= 0.6 is 11.6 Å². The third-order valence-corrected chi connectivity index (χ3v) is 5.07. The lowest BCUT2D eigenvalue weighted by Gasteiger charge is -2.30. The van der Waals surface area contributed by atoms with E-state index in [4.69, 9.17) is 16.7 Å². The number of rotatable bonds is 4. The lowest BCUT2D eigenvalue weighted by Crippen LogP contribution is -2.42. The molecule has 0 bridgehead atoms. The third kappa shape index (κ3) is 4.09. The zero-order valence-corrected chi connectivity index (χ0v) is 13.1. The molecule has 2 rings (SSSR count). The standard InChI is InChI=1S/C13H17ClN2O4S/c1-9-3-2-4-16(8-9)21(19,20)15-12-6-10(13(17)18)5-11(14)7-12/h5-7,9,15H,2-4,8H2,1H3,(H,17,18). The Kier molecular flexibility index (Phi) is 4.75. The molecule has 1 unspecified atom stereocenters. The van der Waals surface area contributed by atoms with Crippen LogP contribution in [0.3, 0.4) is 0 Å². The summed E-state index contributed by atoms with van der Waals surface area (Å²) in [5.74, 6) is -0.853. The summed E-state index contributed by atoms with van der Waals surface area (Å²) in [4.78, 5) is 11.0. The fourth-order valence-corrected chi connectivity index (χ4v) is 3.95. The zero-order chi connectivity index (χ0) is 15.6. The predicted molar refractivity (Wildman–Crippen MR) is 80.9 cm³/mol. The second kappa shape index (κ2) is 6.21. The van der Waals surface area contributed by atoms with Crippen molar-refractivity contribution < 1.29 is 18.3 Å². The average Bonchev–Trinajstić information content (AvgIpc) is 2.37. The Morgan fingerprint density at radius 2 is 2.14 bits per heavy atom. The lowest BCUT2D eigenvalue weighted by atomic mass is 10.0. The molecule has 1 aromatic rings. The molecule has 0 saturated carbocycles. The van der Waals surface area contributed by atoms with Gasteiger partial charge in [0, 0.05) is 18.1 Å². The predicted octanol–water partition coefficient (Wildman–Crippen LogP) is 2.43. The Morgan fingerprint density at radius 3 is 2.76 bits per heavy atom. The van der Waals surface area contributed by atoms with Crippen molar-refractivity contribution in [2.24, 2.45) is 5.92 Å². The molecule has 0 aromatic heterocycles. The first kappa shape index (κ1) is 16.1. The molecule has 116 valence electrons. The highest BCUT2D eigenvalue weighted by Gasteiger charge is 2.27. The number of carbonyl (C=O) groups is 1. The Balaban J connectivity index is 2.22. The van der Waals surface area contributed by atoms with Crippen LogP contribution in [0.5, 0.6) is 0 Å². The molecule has 1 aliphatic rings. The van der Waals surface area contributed by atoms with Crippen LogP contribution in [-0.4, -0.2) is 36.9 Å². The molecule has 0 radical (unpaired) electrons. The number of aromatic carboxylic acids is 1. The van der Waals surface area contributed by atoms with Gasteiger partial charge in [0.25, 0.3) is 0 Å². The summed E-state index contributed by atoms with van der Waals surface area (Å²) in [6.07, 6.45) is 1.82. The highest BCUT2D eigenvalue weighted by molar-refractivity contribution is 7.90. The van der Waals surface area contributed by atoms with Gasteiger partial charge in [0.2, 0.25) is 0 Å². The van der Waals surface area contributed by atoms with E-state index in [1.54, 1.807) is 0 Å². The lowest BCUT2D eigenvalue weighted by molar-refractivity contribution is 0.0697. The van der Waals surface area contributed by atoms with Crippen LogP contribution in [0.4, 0.5) is 5.69 Å². The van der Waals surface area contributed by atoms with Gasteiger partial charge in [-0.2, -0.15) is 12.7 Å². The van der Waals surface area contributed by atoms with Crippen LogP contribution in [0, 0.1) is 5.92 Å². The van der Waals surface area contributed by atoms with Gasteiger partial charge in [0.15, 0.2) is 0 Å². The molecule has 1 heterocycles. The van der Waals surface area contributed by atoms with Gasteiger partial charge in [0.1, 0.15) is 0 Å². The van der Waals surface area contributed by atoms with Crippen molar-refractivity contribution in [1.82, 2.24) is 4.31 Å². The highest BCUT2D eigenvalue weighted by atomic mass is 35.5. The first-order chi connectivity index (χ1) is 9.78. The fraction of sp³-hybridized carbons (Fsp3) is 0.462. The van der Waals surface area contributed by atoms with Crippen molar-refractivity contribution in [2.45, 2.75) is 19.8 Å². The Hall–Kier alpha value is -1.31. The van der Waals surface area contributed by atoms with Gasteiger partial charge < -0.3 is 5.11 Å². The summed E-state index contributed by atoms with van der Waals surface area (Å²) in [7, 11) is -3.70. The van der Waals surface area contributed by atoms with Crippen molar-refractivity contribution in [3.05, 3.63) is 28.8 Å². The molecule has 1 fully saturated rings. The van der Waals surface area contributed by atoms with Gasteiger partial charge in [0.05, 0.1) is 11.3 Å². The second-order valence-corrected chi connectivity index (χ2v) is 7.35. The maximum atomic E-state index is 12.3. The van der Waals surface area contributed by atoms with Crippen molar-refractivity contribution in [1.29, 1.82) is 0 Å². The van der Waals surface area contributed by atoms with Crippen molar-refractivity contribution >= 4 is 33.5 Å². The highest BCUT2D eigenvalue weighted by Crippen LogP contribution is 2.23. The molecule has 2 N–H and O–H groups in total. The van der Waals surface area contributed by atoms with E-state index in [1.807, 2.05) is 6.92 Å².